The maximum absolute atomic E-state index is 14.2. The molecule has 4 aromatic rings. The zero-order chi connectivity index (χ0) is 23.2. The Kier molecular flexibility index (Phi) is 5.41. The van der Waals surface area contributed by atoms with Crippen LogP contribution in [0.5, 0.6) is 0 Å². The van der Waals surface area contributed by atoms with Gasteiger partial charge in [-0.25, -0.2) is 18.3 Å². The molecule has 2 heterocycles. The maximum Gasteiger partial charge on any atom is 0.352 e. The molecule has 4 rings (SSSR count). The molecular weight excluding hydrogens is 413 g/mol. The Hall–Kier alpha value is -3.75. The minimum Gasteiger partial charge on any atom is -0.350 e. The van der Waals surface area contributed by atoms with Crippen LogP contribution < -0.4 is 16.6 Å². The Morgan fingerprint density at radius 1 is 1.09 bits per heavy atom. The molecule has 2 aromatic carbocycles. The molecule has 0 atom stereocenters. The normalized spacial score (nSPS) is 11.7. The molecule has 166 valence electrons. The van der Waals surface area contributed by atoms with E-state index < -0.39 is 11.5 Å². The summed E-state index contributed by atoms with van der Waals surface area (Å²) in [4.78, 5) is 39.1. The zero-order valence-electron chi connectivity index (χ0n) is 18.3. The van der Waals surface area contributed by atoms with Gasteiger partial charge in [-0.1, -0.05) is 18.2 Å². The fourth-order valence-corrected chi connectivity index (χ4v) is 3.72. The average Bonchev–Trinajstić information content (AvgIpc) is 3.04. The van der Waals surface area contributed by atoms with Gasteiger partial charge in [-0.2, -0.15) is 0 Å². The Morgan fingerprint density at radius 2 is 1.81 bits per heavy atom. The van der Waals surface area contributed by atoms with Crippen molar-refractivity contribution in [3.8, 4) is 0 Å². The number of carbonyl (C=O) groups excluding carboxylic acids is 1. The van der Waals surface area contributed by atoms with Gasteiger partial charge in [0.1, 0.15) is 5.82 Å². The number of nitrogens with zero attached hydrogens (tertiary/aromatic N) is 4. The molecule has 8 nitrogen and oxygen atoms in total. The highest BCUT2D eigenvalue weighted by molar-refractivity contribution is 5.98. The average molecular weight is 437 g/mol. The fraction of sp³-hybridized carbons (Fsp3) is 0.304. The predicted octanol–water partition coefficient (Wildman–Crippen LogP) is 2.72. The van der Waals surface area contributed by atoms with Gasteiger partial charge in [0.05, 0.1) is 17.4 Å². The predicted molar refractivity (Wildman–Crippen MR) is 120 cm³/mol. The largest absolute Gasteiger partial charge is 0.352 e. The van der Waals surface area contributed by atoms with E-state index in [1.165, 1.54) is 21.1 Å². The lowest BCUT2D eigenvalue weighted by atomic mass is 10.1. The first-order valence-corrected chi connectivity index (χ1v) is 10.4. The number of hydrogen-bond acceptors (Lipinski definition) is 4. The standard InChI is InChI=1S/C23H24FN5O3/c1-13(2)25-20(30)15-9-10-17-19(11-15)29-22(28(14(3)4)21(17)31)26-27(23(29)32)12-16-7-5-6-8-18(16)24/h5-11,13-14H,12H2,1-4H3,(H,25,30). The Morgan fingerprint density at radius 3 is 2.47 bits per heavy atom. The van der Waals surface area contributed by atoms with Gasteiger partial charge in [0.2, 0.25) is 5.78 Å². The van der Waals surface area contributed by atoms with Crippen LogP contribution in [0.15, 0.2) is 52.1 Å². The van der Waals surface area contributed by atoms with E-state index in [1.807, 2.05) is 27.7 Å². The van der Waals surface area contributed by atoms with Crippen molar-refractivity contribution in [2.45, 2.75) is 46.3 Å². The summed E-state index contributed by atoms with van der Waals surface area (Å²) in [6.45, 7) is 7.23. The van der Waals surface area contributed by atoms with Gasteiger partial charge in [0.15, 0.2) is 0 Å². The molecule has 0 unspecified atom stereocenters. The minimum atomic E-state index is -0.524. The molecule has 0 radical (unpaired) electrons. The van der Waals surface area contributed by atoms with Crippen LogP contribution in [0.2, 0.25) is 0 Å². The van der Waals surface area contributed by atoms with Crippen LogP contribution in [0.1, 0.15) is 49.7 Å². The van der Waals surface area contributed by atoms with Gasteiger partial charge < -0.3 is 5.32 Å². The molecule has 0 saturated carbocycles. The first-order chi connectivity index (χ1) is 15.2. The van der Waals surface area contributed by atoms with Gasteiger partial charge in [-0.3, -0.25) is 14.2 Å². The van der Waals surface area contributed by atoms with Crippen molar-refractivity contribution in [2.75, 3.05) is 0 Å². The summed E-state index contributed by atoms with van der Waals surface area (Å²) < 4.78 is 18.1. The Balaban J connectivity index is 2.02. The van der Waals surface area contributed by atoms with E-state index >= 15 is 0 Å². The third-order valence-electron chi connectivity index (χ3n) is 5.20. The first kappa shape index (κ1) is 21.5. The van der Waals surface area contributed by atoms with Crippen molar-refractivity contribution >= 4 is 22.6 Å². The van der Waals surface area contributed by atoms with E-state index in [-0.39, 0.29) is 41.4 Å². The van der Waals surface area contributed by atoms with Crippen LogP contribution in [0.25, 0.3) is 16.7 Å². The van der Waals surface area contributed by atoms with E-state index in [4.69, 9.17) is 0 Å². The number of benzene rings is 2. The molecule has 32 heavy (non-hydrogen) atoms. The molecule has 0 spiro atoms. The third-order valence-corrected chi connectivity index (χ3v) is 5.20. The Labute approximate surface area is 182 Å². The number of rotatable bonds is 5. The van der Waals surface area contributed by atoms with Crippen LogP contribution in [0.3, 0.4) is 0 Å². The topological polar surface area (TPSA) is 90.4 Å². The van der Waals surface area contributed by atoms with E-state index in [0.29, 0.717) is 16.5 Å². The smallest absolute Gasteiger partial charge is 0.350 e. The highest BCUT2D eigenvalue weighted by Crippen LogP contribution is 2.17. The number of nitrogens with one attached hydrogen (secondary N) is 1. The summed E-state index contributed by atoms with van der Waals surface area (Å²) in [5.74, 6) is -0.620. The quantitative estimate of drug-likeness (QED) is 0.520. The second kappa shape index (κ2) is 8.07. The molecule has 0 aliphatic carbocycles. The van der Waals surface area contributed by atoms with E-state index in [2.05, 4.69) is 10.4 Å². The lowest BCUT2D eigenvalue weighted by Gasteiger charge is -2.13. The van der Waals surface area contributed by atoms with Crippen molar-refractivity contribution in [1.82, 2.24) is 24.1 Å². The number of aromatic nitrogens is 4. The molecular formula is C23H24FN5O3. The van der Waals surface area contributed by atoms with E-state index in [0.717, 1.165) is 4.68 Å². The number of carbonyl (C=O) groups is 1. The minimum absolute atomic E-state index is 0.0709. The van der Waals surface area contributed by atoms with Crippen molar-refractivity contribution in [2.24, 2.45) is 0 Å². The van der Waals surface area contributed by atoms with Crippen LogP contribution in [0, 0.1) is 5.82 Å². The Bertz CT molecular complexity index is 1460. The van der Waals surface area contributed by atoms with Gasteiger partial charge in [0.25, 0.3) is 11.5 Å². The monoisotopic (exact) mass is 437 g/mol. The third kappa shape index (κ3) is 3.59. The lowest BCUT2D eigenvalue weighted by molar-refractivity contribution is 0.0943. The second-order valence-corrected chi connectivity index (χ2v) is 8.30. The van der Waals surface area contributed by atoms with Gasteiger partial charge >= 0.3 is 5.69 Å². The summed E-state index contributed by atoms with van der Waals surface area (Å²) in [6, 6.07) is 10.4. The highest BCUT2D eigenvalue weighted by atomic mass is 19.1. The number of halogens is 1. The summed E-state index contributed by atoms with van der Waals surface area (Å²) in [5.41, 5.74) is 0.0641. The molecule has 0 aliphatic heterocycles. The lowest BCUT2D eigenvalue weighted by Crippen LogP contribution is -2.31. The van der Waals surface area contributed by atoms with Crippen LogP contribution in [0.4, 0.5) is 4.39 Å². The molecule has 0 bridgehead atoms. The number of amides is 1. The fourth-order valence-electron chi connectivity index (χ4n) is 3.72. The van der Waals surface area contributed by atoms with Crippen LogP contribution in [-0.2, 0) is 6.54 Å². The van der Waals surface area contributed by atoms with Crippen LogP contribution >= 0.6 is 0 Å². The molecule has 0 saturated heterocycles. The van der Waals surface area contributed by atoms with Crippen molar-refractivity contribution in [1.29, 1.82) is 0 Å². The molecule has 1 N–H and O–H groups in total. The van der Waals surface area contributed by atoms with Crippen molar-refractivity contribution in [3.63, 3.8) is 0 Å². The van der Waals surface area contributed by atoms with Crippen LogP contribution in [-0.4, -0.2) is 30.7 Å². The molecule has 1 amide bonds. The molecule has 2 aromatic heterocycles. The van der Waals surface area contributed by atoms with Gasteiger partial charge in [0, 0.05) is 23.2 Å². The summed E-state index contributed by atoms with van der Waals surface area (Å²) in [5, 5.41) is 7.46. The van der Waals surface area contributed by atoms with Gasteiger partial charge in [-0.15, -0.1) is 5.10 Å². The van der Waals surface area contributed by atoms with Crippen molar-refractivity contribution < 1.29 is 9.18 Å². The first-order valence-electron chi connectivity index (χ1n) is 10.4. The molecule has 9 heteroatoms. The van der Waals surface area contributed by atoms with Gasteiger partial charge in [-0.05, 0) is 52.0 Å². The highest BCUT2D eigenvalue weighted by Gasteiger charge is 2.21. The van der Waals surface area contributed by atoms with E-state index in [9.17, 15) is 18.8 Å². The molecule has 0 aliphatic rings. The number of hydrogen-bond donors (Lipinski definition) is 1. The SMILES string of the molecule is CC(C)NC(=O)c1ccc2c(=O)n(C(C)C)c3nn(Cc4ccccc4F)c(=O)n3c2c1. The molecule has 0 fully saturated rings. The maximum atomic E-state index is 14.2. The van der Waals surface area contributed by atoms with Crippen molar-refractivity contribution in [3.05, 3.63) is 80.2 Å². The zero-order valence-corrected chi connectivity index (χ0v) is 18.3. The number of fused-ring (bicyclic) bond motifs is 3. The summed E-state index contributed by atoms with van der Waals surface area (Å²) >= 11 is 0. The summed E-state index contributed by atoms with van der Waals surface area (Å²) in [6.07, 6.45) is 0. The summed E-state index contributed by atoms with van der Waals surface area (Å²) in [7, 11) is 0. The second-order valence-electron chi connectivity index (χ2n) is 8.30. The van der Waals surface area contributed by atoms with E-state index in [1.54, 1.807) is 30.3 Å².